The van der Waals surface area contributed by atoms with Crippen LogP contribution in [0.1, 0.15) is 45.7 Å². The summed E-state index contributed by atoms with van der Waals surface area (Å²) in [6.07, 6.45) is 2.89. The molecule has 18 heavy (non-hydrogen) atoms. The molecule has 0 unspecified atom stereocenters. The summed E-state index contributed by atoms with van der Waals surface area (Å²) in [7, 11) is 0. The summed E-state index contributed by atoms with van der Waals surface area (Å²) in [5.41, 5.74) is 1.12. The minimum absolute atomic E-state index is 0.474. The van der Waals surface area contributed by atoms with Crippen LogP contribution >= 0.6 is 0 Å². The molecule has 0 amide bonds. The molecule has 0 aromatic carbocycles. The van der Waals surface area contributed by atoms with E-state index in [0.29, 0.717) is 5.92 Å². The van der Waals surface area contributed by atoms with Crippen LogP contribution in [-0.2, 0) is 0 Å². The first-order valence-electron chi connectivity index (χ1n) is 6.98. The van der Waals surface area contributed by atoms with E-state index in [1.807, 2.05) is 18.3 Å². The molecule has 0 fully saturated rings. The average molecular weight is 250 g/mol. The molecule has 0 atom stereocenters. The molecule has 0 bridgehead atoms. The normalized spacial score (nSPS) is 11.2. The maximum Gasteiger partial charge on any atom is 0.137 e. The van der Waals surface area contributed by atoms with Gasteiger partial charge in [0, 0.05) is 12.2 Å². The third-order valence-electron chi connectivity index (χ3n) is 3.13. The van der Waals surface area contributed by atoms with Gasteiger partial charge in [-0.15, -0.1) is 0 Å². The predicted molar refractivity (Wildman–Crippen MR) is 76.2 cm³/mol. The van der Waals surface area contributed by atoms with Crippen molar-refractivity contribution >= 4 is 0 Å². The molecule has 1 heterocycles. The lowest BCUT2D eigenvalue weighted by Gasteiger charge is -2.17. The van der Waals surface area contributed by atoms with Gasteiger partial charge in [-0.05, 0) is 37.6 Å². The minimum atomic E-state index is 0.474. The van der Waals surface area contributed by atoms with Gasteiger partial charge in [-0.3, -0.25) is 4.98 Å². The van der Waals surface area contributed by atoms with Gasteiger partial charge >= 0.3 is 0 Å². The van der Waals surface area contributed by atoms with Gasteiger partial charge in [0.05, 0.1) is 12.8 Å². The SMILES string of the molecule is CCN(CC)CCCOc1ccc(C(C)C)nc1. The highest BCUT2D eigenvalue weighted by Crippen LogP contribution is 2.15. The predicted octanol–water partition coefficient (Wildman–Crippen LogP) is 3.32. The Labute approximate surface area is 111 Å². The number of rotatable bonds is 8. The molecule has 0 saturated heterocycles. The second kappa shape index (κ2) is 8.09. The van der Waals surface area contributed by atoms with E-state index in [0.717, 1.165) is 44.1 Å². The van der Waals surface area contributed by atoms with E-state index in [-0.39, 0.29) is 0 Å². The third kappa shape index (κ3) is 5.05. The molecule has 102 valence electrons. The van der Waals surface area contributed by atoms with Crippen molar-refractivity contribution in [3.05, 3.63) is 24.0 Å². The molecule has 1 aromatic rings. The minimum Gasteiger partial charge on any atom is -0.492 e. The fraction of sp³-hybridized carbons (Fsp3) is 0.667. The lowest BCUT2D eigenvalue weighted by atomic mass is 10.1. The Kier molecular flexibility index (Phi) is 6.73. The summed E-state index contributed by atoms with van der Waals surface area (Å²) in [6.45, 7) is 12.8. The van der Waals surface area contributed by atoms with Crippen LogP contribution in [0.15, 0.2) is 18.3 Å². The highest BCUT2D eigenvalue weighted by molar-refractivity contribution is 5.21. The van der Waals surface area contributed by atoms with Gasteiger partial charge in [-0.2, -0.15) is 0 Å². The maximum atomic E-state index is 5.69. The fourth-order valence-corrected chi connectivity index (χ4v) is 1.84. The number of hydrogen-bond acceptors (Lipinski definition) is 3. The molecule has 0 radical (unpaired) electrons. The molecule has 1 rings (SSSR count). The largest absolute Gasteiger partial charge is 0.492 e. The lowest BCUT2D eigenvalue weighted by Crippen LogP contribution is -2.25. The van der Waals surface area contributed by atoms with Crippen LogP contribution in [0.3, 0.4) is 0 Å². The van der Waals surface area contributed by atoms with Crippen LogP contribution < -0.4 is 4.74 Å². The number of nitrogens with zero attached hydrogens (tertiary/aromatic N) is 2. The van der Waals surface area contributed by atoms with Crippen LogP contribution in [0.5, 0.6) is 5.75 Å². The number of ether oxygens (including phenoxy) is 1. The van der Waals surface area contributed by atoms with Crippen molar-refractivity contribution in [2.45, 2.75) is 40.0 Å². The van der Waals surface area contributed by atoms with E-state index in [4.69, 9.17) is 4.74 Å². The number of aromatic nitrogens is 1. The topological polar surface area (TPSA) is 25.4 Å². The van der Waals surface area contributed by atoms with Crippen molar-refractivity contribution in [2.24, 2.45) is 0 Å². The van der Waals surface area contributed by atoms with E-state index in [1.54, 1.807) is 0 Å². The Morgan fingerprint density at radius 3 is 2.44 bits per heavy atom. The zero-order valence-electron chi connectivity index (χ0n) is 12.1. The summed E-state index contributed by atoms with van der Waals surface area (Å²) >= 11 is 0. The first-order chi connectivity index (χ1) is 8.67. The quantitative estimate of drug-likeness (QED) is 0.662. The molecule has 0 aliphatic heterocycles. The summed E-state index contributed by atoms with van der Waals surface area (Å²) in [4.78, 5) is 6.80. The third-order valence-corrected chi connectivity index (χ3v) is 3.13. The second-order valence-corrected chi connectivity index (χ2v) is 4.80. The van der Waals surface area contributed by atoms with Gasteiger partial charge in [0.25, 0.3) is 0 Å². The molecule has 3 nitrogen and oxygen atoms in total. The molecule has 0 N–H and O–H groups in total. The van der Waals surface area contributed by atoms with E-state index in [1.165, 1.54) is 0 Å². The zero-order valence-corrected chi connectivity index (χ0v) is 12.1. The second-order valence-electron chi connectivity index (χ2n) is 4.80. The monoisotopic (exact) mass is 250 g/mol. The smallest absolute Gasteiger partial charge is 0.137 e. The first kappa shape index (κ1) is 15.0. The van der Waals surface area contributed by atoms with Gasteiger partial charge in [-0.25, -0.2) is 0 Å². The summed E-state index contributed by atoms with van der Waals surface area (Å²) in [5.74, 6) is 1.35. The van der Waals surface area contributed by atoms with Gasteiger partial charge in [0.2, 0.25) is 0 Å². The van der Waals surface area contributed by atoms with E-state index >= 15 is 0 Å². The molecule has 1 aromatic heterocycles. The molecular formula is C15H26N2O. The van der Waals surface area contributed by atoms with E-state index < -0.39 is 0 Å². The molecule has 0 aliphatic rings. The first-order valence-corrected chi connectivity index (χ1v) is 6.98. The van der Waals surface area contributed by atoms with Gasteiger partial charge in [0.15, 0.2) is 0 Å². The van der Waals surface area contributed by atoms with Crippen molar-refractivity contribution in [3.8, 4) is 5.75 Å². The molecule has 0 aliphatic carbocycles. The zero-order chi connectivity index (χ0) is 13.4. The number of pyridine rings is 1. The molecular weight excluding hydrogens is 224 g/mol. The summed E-state index contributed by atoms with van der Waals surface area (Å²) < 4.78 is 5.69. The highest BCUT2D eigenvalue weighted by Gasteiger charge is 2.02. The fourth-order valence-electron chi connectivity index (χ4n) is 1.84. The van der Waals surface area contributed by atoms with Gasteiger partial charge in [-0.1, -0.05) is 27.7 Å². The summed E-state index contributed by atoms with van der Waals surface area (Å²) in [6, 6.07) is 4.06. The van der Waals surface area contributed by atoms with Crippen molar-refractivity contribution in [1.29, 1.82) is 0 Å². The van der Waals surface area contributed by atoms with Gasteiger partial charge < -0.3 is 9.64 Å². The molecule has 0 spiro atoms. The maximum absolute atomic E-state index is 5.69. The van der Waals surface area contributed by atoms with Crippen LogP contribution in [0.2, 0.25) is 0 Å². The van der Waals surface area contributed by atoms with Crippen LogP contribution in [0, 0.1) is 0 Å². The van der Waals surface area contributed by atoms with Crippen molar-refractivity contribution < 1.29 is 4.74 Å². The van der Waals surface area contributed by atoms with E-state index in [2.05, 4.69) is 37.6 Å². The lowest BCUT2D eigenvalue weighted by molar-refractivity contribution is 0.248. The van der Waals surface area contributed by atoms with Crippen LogP contribution in [0.4, 0.5) is 0 Å². The van der Waals surface area contributed by atoms with Crippen LogP contribution in [-0.4, -0.2) is 36.1 Å². The van der Waals surface area contributed by atoms with Gasteiger partial charge in [0.1, 0.15) is 5.75 Å². The Balaban J connectivity index is 2.27. The Morgan fingerprint density at radius 1 is 1.22 bits per heavy atom. The Hall–Kier alpha value is -1.09. The van der Waals surface area contributed by atoms with Crippen LogP contribution in [0.25, 0.3) is 0 Å². The standard InChI is InChI=1S/C15H26N2O/c1-5-17(6-2)10-7-11-18-14-8-9-15(13(3)4)16-12-14/h8-9,12-13H,5-7,10-11H2,1-4H3. The Morgan fingerprint density at radius 2 is 1.94 bits per heavy atom. The number of hydrogen-bond donors (Lipinski definition) is 0. The van der Waals surface area contributed by atoms with Crippen molar-refractivity contribution in [3.63, 3.8) is 0 Å². The molecule has 0 saturated carbocycles. The van der Waals surface area contributed by atoms with Crippen molar-refractivity contribution in [1.82, 2.24) is 9.88 Å². The highest BCUT2D eigenvalue weighted by atomic mass is 16.5. The molecule has 3 heteroatoms. The Bertz CT molecular complexity index is 318. The van der Waals surface area contributed by atoms with Crippen molar-refractivity contribution in [2.75, 3.05) is 26.2 Å². The summed E-state index contributed by atoms with van der Waals surface area (Å²) in [5, 5.41) is 0. The average Bonchev–Trinajstić information content (AvgIpc) is 2.39. The van der Waals surface area contributed by atoms with E-state index in [9.17, 15) is 0 Å².